The van der Waals surface area contributed by atoms with Crippen LogP contribution in [0.25, 0.3) is 11.4 Å². The van der Waals surface area contributed by atoms with E-state index in [0.29, 0.717) is 29.5 Å². The minimum absolute atomic E-state index is 0.000681. The monoisotopic (exact) mass is 449 g/mol. The molecule has 9 heteroatoms. The topological polar surface area (TPSA) is 101 Å². The Balaban J connectivity index is 1.25. The predicted molar refractivity (Wildman–Crippen MR) is 123 cm³/mol. The molecule has 3 aromatic rings. The highest BCUT2D eigenvalue weighted by atomic mass is 16.5. The molecule has 1 N–H and O–H groups in total. The second-order valence-corrected chi connectivity index (χ2v) is 7.93. The molecule has 1 unspecified atom stereocenters. The van der Waals surface area contributed by atoms with Crippen molar-refractivity contribution in [3.63, 3.8) is 0 Å². The Morgan fingerprint density at radius 1 is 1.06 bits per heavy atom. The summed E-state index contributed by atoms with van der Waals surface area (Å²) in [6, 6.07) is 16.4. The number of methoxy groups -OCH3 is 1. The van der Waals surface area contributed by atoms with Crippen LogP contribution in [-0.4, -0.2) is 71.7 Å². The highest BCUT2D eigenvalue weighted by Gasteiger charge is 2.26. The molecule has 4 rings (SSSR count). The molecule has 0 bridgehead atoms. The number of benzene rings is 2. The van der Waals surface area contributed by atoms with Gasteiger partial charge in [0.25, 0.3) is 0 Å². The number of carbonyl (C=O) groups excluding carboxylic acids is 2. The number of ether oxygens (including phenoxy) is 1. The van der Waals surface area contributed by atoms with Crippen LogP contribution in [0.4, 0.5) is 5.69 Å². The maximum atomic E-state index is 12.4. The van der Waals surface area contributed by atoms with Crippen molar-refractivity contribution in [2.75, 3.05) is 45.2 Å². The van der Waals surface area contributed by atoms with E-state index in [-0.39, 0.29) is 11.9 Å². The molecule has 2 heterocycles. The van der Waals surface area contributed by atoms with Crippen molar-refractivity contribution in [2.45, 2.75) is 13.0 Å². The number of piperazine rings is 1. The largest absolute Gasteiger partial charge is 0.465 e. The first-order valence-corrected chi connectivity index (χ1v) is 10.9. The number of nitrogens with one attached hydrogen (secondary N) is 1. The van der Waals surface area contributed by atoms with Gasteiger partial charge in [-0.25, -0.2) is 4.79 Å². The SMILES string of the molecule is COC(=O)c1ccc(NC(=O)CN2CCN(C(C)c3nc(-c4ccccc4)no3)CC2)cc1. The zero-order valence-corrected chi connectivity index (χ0v) is 18.7. The summed E-state index contributed by atoms with van der Waals surface area (Å²) in [6.07, 6.45) is 0. The molecule has 0 radical (unpaired) electrons. The lowest BCUT2D eigenvalue weighted by atomic mass is 10.2. The molecular weight excluding hydrogens is 422 g/mol. The molecule has 1 atom stereocenters. The van der Waals surface area contributed by atoms with E-state index in [9.17, 15) is 9.59 Å². The molecule has 0 aliphatic carbocycles. The van der Waals surface area contributed by atoms with Crippen molar-refractivity contribution in [1.29, 1.82) is 0 Å². The van der Waals surface area contributed by atoms with Crippen molar-refractivity contribution in [1.82, 2.24) is 19.9 Å². The highest BCUT2D eigenvalue weighted by Crippen LogP contribution is 2.23. The van der Waals surface area contributed by atoms with Gasteiger partial charge in [0.2, 0.25) is 17.6 Å². The average molecular weight is 450 g/mol. The quantitative estimate of drug-likeness (QED) is 0.550. The summed E-state index contributed by atoms with van der Waals surface area (Å²) >= 11 is 0. The van der Waals surface area contributed by atoms with Crippen LogP contribution in [0.2, 0.25) is 0 Å². The smallest absolute Gasteiger partial charge is 0.337 e. The summed E-state index contributed by atoms with van der Waals surface area (Å²) in [5.41, 5.74) is 2.01. The summed E-state index contributed by atoms with van der Waals surface area (Å²) < 4.78 is 10.2. The zero-order chi connectivity index (χ0) is 23.2. The van der Waals surface area contributed by atoms with Crippen LogP contribution < -0.4 is 5.32 Å². The van der Waals surface area contributed by atoms with Gasteiger partial charge in [-0.2, -0.15) is 4.98 Å². The minimum Gasteiger partial charge on any atom is -0.465 e. The first kappa shape index (κ1) is 22.6. The Kier molecular flexibility index (Phi) is 7.11. The molecule has 1 fully saturated rings. The summed E-state index contributed by atoms with van der Waals surface area (Å²) in [7, 11) is 1.34. The number of anilines is 1. The summed E-state index contributed by atoms with van der Waals surface area (Å²) in [5.74, 6) is 0.686. The predicted octanol–water partition coefficient (Wildman–Crippen LogP) is 2.84. The lowest BCUT2D eigenvalue weighted by Gasteiger charge is -2.36. The van der Waals surface area contributed by atoms with Gasteiger partial charge in [0.05, 0.1) is 25.3 Å². The van der Waals surface area contributed by atoms with Crippen molar-refractivity contribution >= 4 is 17.6 Å². The van der Waals surface area contributed by atoms with Crippen LogP contribution in [0, 0.1) is 0 Å². The molecule has 1 aromatic heterocycles. The number of carbonyl (C=O) groups is 2. The number of nitrogens with zero attached hydrogens (tertiary/aromatic N) is 4. The fourth-order valence-corrected chi connectivity index (χ4v) is 3.79. The number of rotatable bonds is 7. The van der Waals surface area contributed by atoms with Gasteiger partial charge in [0.15, 0.2) is 0 Å². The van der Waals surface area contributed by atoms with E-state index in [1.165, 1.54) is 7.11 Å². The van der Waals surface area contributed by atoms with E-state index < -0.39 is 5.97 Å². The third kappa shape index (κ3) is 5.63. The Morgan fingerprint density at radius 2 is 1.76 bits per heavy atom. The van der Waals surface area contributed by atoms with Crippen LogP contribution in [-0.2, 0) is 9.53 Å². The molecule has 1 aliphatic heterocycles. The van der Waals surface area contributed by atoms with Crippen molar-refractivity contribution < 1.29 is 18.8 Å². The van der Waals surface area contributed by atoms with Gasteiger partial charge in [0.1, 0.15) is 0 Å². The number of amides is 1. The van der Waals surface area contributed by atoms with E-state index in [1.54, 1.807) is 24.3 Å². The Labute approximate surface area is 192 Å². The molecule has 1 aliphatic rings. The normalized spacial score (nSPS) is 15.7. The molecule has 172 valence electrons. The lowest BCUT2D eigenvalue weighted by Crippen LogP contribution is -2.49. The fraction of sp³-hybridized carbons (Fsp3) is 0.333. The second kappa shape index (κ2) is 10.4. The Bertz CT molecular complexity index is 1080. The lowest BCUT2D eigenvalue weighted by molar-refractivity contribution is -0.117. The summed E-state index contributed by atoms with van der Waals surface area (Å²) in [5, 5.41) is 6.99. The molecule has 1 saturated heterocycles. The Morgan fingerprint density at radius 3 is 2.42 bits per heavy atom. The summed E-state index contributed by atoms with van der Waals surface area (Å²) in [6.45, 7) is 5.48. The second-order valence-electron chi connectivity index (χ2n) is 7.93. The van der Waals surface area contributed by atoms with Crippen LogP contribution >= 0.6 is 0 Å². The van der Waals surface area contributed by atoms with Gasteiger partial charge in [-0.05, 0) is 31.2 Å². The molecule has 0 saturated carbocycles. The van der Waals surface area contributed by atoms with E-state index in [2.05, 4.69) is 36.9 Å². The fourth-order valence-electron chi connectivity index (χ4n) is 3.79. The van der Waals surface area contributed by atoms with Crippen LogP contribution in [0.1, 0.15) is 29.2 Å². The molecular formula is C24H27N5O4. The van der Waals surface area contributed by atoms with Crippen molar-refractivity contribution in [3.8, 4) is 11.4 Å². The van der Waals surface area contributed by atoms with Gasteiger partial charge in [-0.3, -0.25) is 14.6 Å². The zero-order valence-electron chi connectivity index (χ0n) is 18.7. The van der Waals surface area contributed by atoms with Gasteiger partial charge in [-0.1, -0.05) is 35.5 Å². The molecule has 1 amide bonds. The molecule has 2 aromatic carbocycles. The maximum Gasteiger partial charge on any atom is 0.337 e. The maximum absolute atomic E-state index is 12.4. The van der Waals surface area contributed by atoms with Crippen LogP contribution in [0.3, 0.4) is 0 Å². The van der Waals surface area contributed by atoms with Crippen molar-refractivity contribution in [3.05, 3.63) is 66.1 Å². The van der Waals surface area contributed by atoms with Gasteiger partial charge >= 0.3 is 5.97 Å². The third-order valence-electron chi connectivity index (χ3n) is 5.74. The van der Waals surface area contributed by atoms with E-state index >= 15 is 0 Å². The molecule has 33 heavy (non-hydrogen) atoms. The van der Waals surface area contributed by atoms with Crippen LogP contribution in [0.15, 0.2) is 59.1 Å². The molecule has 0 spiro atoms. The minimum atomic E-state index is -0.406. The van der Waals surface area contributed by atoms with Gasteiger partial charge in [-0.15, -0.1) is 0 Å². The Hall–Kier alpha value is -3.56. The standard InChI is InChI=1S/C24H27N5O4/c1-17(23-26-22(27-33-23)18-6-4-3-5-7-18)29-14-12-28(13-15-29)16-21(30)25-20-10-8-19(9-11-20)24(31)32-2/h3-11,17H,12-16H2,1-2H3,(H,25,30). The third-order valence-corrected chi connectivity index (χ3v) is 5.74. The highest BCUT2D eigenvalue weighted by molar-refractivity contribution is 5.94. The van der Waals surface area contributed by atoms with Crippen LogP contribution in [0.5, 0.6) is 0 Å². The van der Waals surface area contributed by atoms with E-state index in [4.69, 9.17) is 4.52 Å². The number of esters is 1. The van der Waals surface area contributed by atoms with E-state index in [1.807, 2.05) is 30.3 Å². The average Bonchev–Trinajstić information content (AvgIpc) is 3.35. The van der Waals surface area contributed by atoms with Gasteiger partial charge < -0.3 is 14.6 Å². The van der Waals surface area contributed by atoms with Crippen molar-refractivity contribution in [2.24, 2.45) is 0 Å². The summed E-state index contributed by atoms with van der Waals surface area (Å²) in [4.78, 5) is 32.9. The number of aromatic nitrogens is 2. The van der Waals surface area contributed by atoms with Gasteiger partial charge in [0, 0.05) is 37.4 Å². The number of hydrogen-bond donors (Lipinski definition) is 1. The molecule has 9 nitrogen and oxygen atoms in total. The van der Waals surface area contributed by atoms with E-state index in [0.717, 1.165) is 31.7 Å². The first-order chi connectivity index (χ1) is 16.0. The number of hydrogen-bond acceptors (Lipinski definition) is 8. The first-order valence-electron chi connectivity index (χ1n) is 10.9.